The Balaban J connectivity index is 0.00000405. The van der Waals surface area contributed by atoms with Crippen LogP contribution in [0.4, 0.5) is 5.13 Å². The average molecular weight is 624 g/mol. The van der Waals surface area contributed by atoms with Gasteiger partial charge >= 0.3 is 35.5 Å². The summed E-state index contributed by atoms with van der Waals surface area (Å²) < 4.78 is 5.15. The van der Waals surface area contributed by atoms with E-state index in [2.05, 4.69) is 20.3 Å². The molecule has 1 saturated heterocycles. The van der Waals surface area contributed by atoms with Crippen molar-refractivity contribution in [2.24, 2.45) is 10.1 Å². The van der Waals surface area contributed by atoms with Crippen molar-refractivity contribution in [1.82, 2.24) is 19.9 Å². The monoisotopic (exact) mass is 623 g/mol. The number of fused-ring (bicyclic) bond motifs is 1. The minimum absolute atomic E-state index is 0. The van der Waals surface area contributed by atoms with E-state index in [0.29, 0.717) is 5.57 Å². The molecule has 4 heterocycles. The fraction of sp³-hybridized carbons (Fsp3) is 0.400. The molecule has 0 spiro atoms. The zero-order valence-corrected chi connectivity index (χ0v) is 26.7. The summed E-state index contributed by atoms with van der Waals surface area (Å²) in [4.78, 5) is 53.6. The second-order valence-corrected chi connectivity index (χ2v) is 11.6. The van der Waals surface area contributed by atoms with Crippen LogP contribution in [0.15, 0.2) is 43.5 Å². The number of aliphatic carboxylic acids is 1. The second-order valence-electron chi connectivity index (χ2n) is 9.64. The van der Waals surface area contributed by atoms with Gasteiger partial charge in [-0.2, -0.15) is 0 Å². The molecule has 0 aromatic carbocycles. The Labute approximate surface area is 270 Å². The molecule has 2 atom stereocenters. The Hall–Kier alpha value is -3.18. The third-order valence-corrected chi connectivity index (χ3v) is 8.56. The SMILES string of the molecule is CN(C)C(=O)c1cc(/C=C/C2=C(C(=O)O)N3C(=O)C(N=C([O-])/C(=N\OC4CCCC4)c4csc(N)n4)C3SC2)on1.[Na+]. The predicted octanol–water partition coefficient (Wildman–Crippen LogP) is -1.82. The van der Waals surface area contributed by atoms with Crippen LogP contribution in [0.5, 0.6) is 0 Å². The molecular formula is C25H26N7NaO7S2. The van der Waals surface area contributed by atoms with Crippen LogP contribution in [0, 0.1) is 0 Å². The van der Waals surface area contributed by atoms with Gasteiger partial charge in [-0.05, 0) is 37.3 Å². The van der Waals surface area contributed by atoms with E-state index in [-0.39, 0.29) is 81.0 Å². The quantitative estimate of drug-likeness (QED) is 0.105. The Morgan fingerprint density at radius 1 is 1.29 bits per heavy atom. The van der Waals surface area contributed by atoms with Crippen molar-refractivity contribution >= 4 is 63.7 Å². The minimum atomic E-state index is -1.31. The first-order chi connectivity index (χ1) is 19.6. The van der Waals surface area contributed by atoms with E-state index in [1.54, 1.807) is 19.5 Å². The number of hydrogen-bond acceptors (Lipinski definition) is 13. The van der Waals surface area contributed by atoms with E-state index >= 15 is 0 Å². The molecule has 2 aliphatic heterocycles. The Morgan fingerprint density at radius 2 is 2.02 bits per heavy atom. The zero-order chi connectivity index (χ0) is 29.3. The van der Waals surface area contributed by atoms with Gasteiger partial charge < -0.3 is 30.2 Å². The van der Waals surface area contributed by atoms with Gasteiger partial charge in [0.05, 0.1) is 0 Å². The number of amides is 2. The molecular weight excluding hydrogens is 597 g/mol. The Morgan fingerprint density at radius 3 is 2.67 bits per heavy atom. The van der Waals surface area contributed by atoms with Crippen LogP contribution in [0.1, 0.15) is 47.6 Å². The number of rotatable bonds is 9. The van der Waals surface area contributed by atoms with E-state index in [9.17, 15) is 24.6 Å². The first-order valence-electron chi connectivity index (χ1n) is 12.6. The van der Waals surface area contributed by atoms with Crippen molar-refractivity contribution in [1.29, 1.82) is 0 Å². The number of carbonyl (C=O) groups excluding carboxylic acids is 2. The largest absolute Gasteiger partial charge is 1.00 e. The molecule has 0 radical (unpaired) electrons. The van der Waals surface area contributed by atoms with Gasteiger partial charge in [0, 0.05) is 37.2 Å². The number of aliphatic imine (C=N–C) groups is 1. The van der Waals surface area contributed by atoms with Gasteiger partial charge in [0.1, 0.15) is 28.6 Å². The first kappa shape index (κ1) is 31.7. The van der Waals surface area contributed by atoms with Crippen molar-refractivity contribution in [2.75, 3.05) is 25.6 Å². The number of thiazole rings is 1. The maximum Gasteiger partial charge on any atom is 1.00 e. The van der Waals surface area contributed by atoms with E-state index in [1.807, 2.05) is 0 Å². The molecule has 0 bridgehead atoms. The van der Waals surface area contributed by atoms with Crippen molar-refractivity contribution in [3.05, 3.63) is 45.9 Å². The van der Waals surface area contributed by atoms with E-state index in [0.717, 1.165) is 41.9 Å². The van der Waals surface area contributed by atoms with Gasteiger partial charge in [0.25, 0.3) is 11.8 Å². The molecule has 2 fully saturated rings. The summed E-state index contributed by atoms with van der Waals surface area (Å²) in [5.41, 5.74) is 6.01. The summed E-state index contributed by atoms with van der Waals surface area (Å²) >= 11 is 2.39. The summed E-state index contributed by atoms with van der Waals surface area (Å²) in [6, 6.07) is 0.327. The number of oxime groups is 1. The third kappa shape index (κ3) is 6.57. The van der Waals surface area contributed by atoms with Gasteiger partial charge in [-0.1, -0.05) is 16.4 Å². The molecule has 2 aromatic rings. The number of β-lactam (4-membered cyclic amide) rings is 1. The fourth-order valence-electron chi connectivity index (χ4n) is 4.52. The average Bonchev–Trinajstić information content (AvgIpc) is 3.72. The molecule has 3 aliphatic rings. The van der Waals surface area contributed by atoms with Crippen LogP contribution in [-0.4, -0.2) is 91.8 Å². The van der Waals surface area contributed by atoms with Gasteiger partial charge in [-0.15, -0.1) is 23.1 Å². The predicted molar refractivity (Wildman–Crippen MR) is 149 cm³/mol. The maximum atomic E-state index is 13.2. The van der Waals surface area contributed by atoms with Crippen molar-refractivity contribution in [3.63, 3.8) is 0 Å². The van der Waals surface area contributed by atoms with E-state index in [1.165, 1.54) is 34.9 Å². The molecule has 5 rings (SSSR count). The molecule has 14 nitrogen and oxygen atoms in total. The minimum Gasteiger partial charge on any atom is -0.857 e. The molecule has 3 N–H and O–H groups in total. The number of carboxylic acids is 1. The maximum absolute atomic E-state index is 13.2. The molecule has 1 aliphatic carbocycles. The standard InChI is InChI=1S/C25H27N7O7S2.Na/c1-31(2)21(34)15-9-14(39-29-15)8-7-12-10-40-23-18(22(35)32(23)19(12)24(36)37)28-20(33)17(16-11-41-25(26)27-16)30-38-13-5-3-4-6-13;/h7-9,11,13,18,23H,3-6,10H2,1-2H3,(H2,26,27)(H,28,33)(H,36,37);/q;+1/p-1/b8-7+,30-17-;. The van der Waals surface area contributed by atoms with Crippen molar-refractivity contribution < 1.29 is 63.5 Å². The number of allylic oxidation sites excluding steroid dienone is 1. The summed E-state index contributed by atoms with van der Waals surface area (Å²) in [7, 11) is 3.16. The number of hydrogen-bond donors (Lipinski definition) is 2. The summed E-state index contributed by atoms with van der Waals surface area (Å²) in [6.45, 7) is 0. The first-order valence-corrected chi connectivity index (χ1v) is 14.5. The Bertz CT molecular complexity index is 1490. The second kappa shape index (κ2) is 13.4. The van der Waals surface area contributed by atoms with E-state index < -0.39 is 29.2 Å². The number of nitrogens with two attached hydrogens (primary N) is 1. The topological polar surface area (TPSA) is 200 Å². The van der Waals surface area contributed by atoms with Crippen LogP contribution in [-0.2, 0) is 14.4 Å². The molecule has 1 saturated carbocycles. The molecule has 42 heavy (non-hydrogen) atoms. The van der Waals surface area contributed by atoms with Crippen LogP contribution < -0.4 is 40.4 Å². The zero-order valence-electron chi connectivity index (χ0n) is 23.1. The van der Waals surface area contributed by atoms with Gasteiger partial charge in [-0.25, -0.2) is 9.78 Å². The number of thioether (sulfide) groups is 1. The smallest absolute Gasteiger partial charge is 0.857 e. The number of carboxylic acid groups (broad SMARTS) is 1. The number of anilines is 1. The van der Waals surface area contributed by atoms with Crippen LogP contribution >= 0.6 is 23.1 Å². The Kier molecular flexibility index (Phi) is 10.1. The summed E-state index contributed by atoms with van der Waals surface area (Å²) in [6.07, 6.45) is 6.52. The van der Waals surface area contributed by atoms with Crippen LogP contribution in [0.2, 0.25) is 0 Å². The summed E-state index contributed by atoms with van der Waals surface area (Å²) in [5.74, 6) is -2.62. The number of aromatic nitrogens is 2. The fourth-order valence-corrected chi connectivity index (χ4v) is 6.37. The summed E-state index contributed by atoms with van der Waals surface area (Å²) in [5, 5.41) is 32.0. The number of nitrogens with zero attached hydrogens (tertiary/aromatic N) is 6. The van der Waals surface area contributed by atoms with Gasteiger partial charge in [-0.3, -0.25) is 19.5 Å². The van der Waals surface area contributed by atoms with Crippen LogP contribution in [0.25, 0.3) is 6.08 Å². The third-order valence-electron chi connectivity index (χ3n) is 6.59. The number of carbonyl (C=O) groups is 3. The van der Waals surface area contributed by atoms with Crippen molar-refractivity contribution in [3.8, 4) is 0 Å². The van der Waals surface area contributed by atoms with Crippen LogP contribution in [0.3, 0.4) is 0 Å². The van der Waals surface area contributed by atoms with Gasteiger partial charge in [0.2, 0.25) is 0 Å². The molecule has 2 unspecified atom stereocenters. The molecule has 17 heteroatoms. The van der Waals surface area contributed by atoms with Crippen molar-refractivity contribution in [2.45, 2.75) is 43.2 Å². The normalized spacial score (nSPS) is 21.3. The molecule has 216 valence electrons. The number of nitrogen functional groups attached to an aromatic ring is 1. The molecule has 2 amide bonds. The van der Waals surface area contributed by atoms with Gasteiger partial charge in [0.15, 0.2) is 22.6 Å². The molecule has 2 aromatic heterocycles. The van der Waals surface area contributed by atoms with E-state index in [4.69, 9.17) is 15.1 Å².